The maximum absolute atomic E-state index is 12.1. The number of nitrogens with one attached hydrogen (secondary N) is 3. The van der Waals surface area contributed by atoms with Gasteiger partial charge in [-0.25, -0.2) is 0 Å². The molecular formula is C15H27N3O2. The average molecular weight is 281 g/mol. The maximum atomic E-state index is 12.1. The van der Waals surface area contributed by atoms with Crippen LogP contribution in [0.1, 0.15) is 52.4 Å². The molecule has 1 saturated carbocycles. The molecule has 1 saturated heterocycles. The van der Waals surface area contributed by atoms with E-state index in [0.29, 0.717) is 24.9 Å². The summed E-state index contributed by atoms with van der Waals surface area (Å²) in [5, 5.41) is 9.15. The van der Waals surface area contributed by atoms with Gasteiger partial charge in [0.15, 0.2) is 0 Å². The summed E-state index contributed by atoms with van der Waals surface area (Å²) in [6.07, 6.45) is 6.33. The Kier molecular flexibility index (Phi) is 5.40. The van der Waals surface area contributed by atoms with Gasteiger partial charge in [-0.3, -0.25) is 9.59 Å². The van der Waals surface area contributed by atoms with Crippen molar-refractivity contribution in [2.75, 3.05) is 6.54 Å². The van der Waals surface area contributed by atoms with Crippen LogP contribution in [0.25, 0.3) is 0 Å². The fraction of sp³-hybridized carbons (Fsp3) is 0.867. The quantitative estimate of drug-likeness (QED) is 0.702. The van der Waals surface area contributed by atoms with Crippen molar-refractivity contribution in [3.05, 3.63) is 0 Å². The molecular weight excluding hydrogens is 254 g/mol. The van der Waals surface area contributed by atoms with E-state index in [1.165, 1.54) is 25.7 Å². The summed E-state index contributed by atoms with van der Waals surface area (Å²) in [4.78, 5) is 23.6. The lowest BCUT2D eigenvalue weighted by Gasteiger charge is -2.24. The molecule has 0 bridgehead atoms. The zero-order valence-electron chi connectivity index (χ0n) is 12.6. The molecule has 2 aliphatic rings. The van der Waals surface area contributed by atoms with Gasteiger partial charge >= 0.3 is 0 Å². The zero-order valence-corrected chi connectivity index (χ0v) is 12.6. The average Bonchev–Trinajstić information content (AvgIpc) is 2.81. The van der Waals surface area contributed by atoms with Crippen molar-refractivity contribution in [2.45, 2.75) is 70.5 Å². The maximum Gasteiger partial charge on any atom is 0.237 e. The zero-order chi connectivity index (χ0) is 14.5. The predicted molar refractivity (Wildman–Crippen MR) is 78.2 cm³/mol. The second-order valence-electron chi connectivity index (χ2n) is 6.37. The van der Waals surface area contributed by atoms with Crippen molar-refractivity contribution < 1.29 is 9.59 Å². The molecule has 0 spiro atoms. The van der Waals surface area contributed by atoms with E-state index in [2.05, 4.69) is 16.0 Å². The molecule has 5 nitrogen and oxygen atoms in total. The van der Waals surface area contributed by atoms with Gasteiger partial charge < -0.3 is 16.0 Å². The molecule has 2 rings (SSSR count). The van der Waals surface area contributed by atoms with Gasteiger partial charge in [-0.15, -0.1) is 0 Å². The molecule has 2 fully saturated rings. The Balaban J connectivity index is 1.66. The van der Waals surface area contributed by atoms with Crippen LogP contribution in [0, 0.1) is 5.92 Å². The Morgan fingerprint density at radius 1 is 1.25 bits per heavy atom. The molecule has 0 aromatic carbocycles. The summed E-state index contributed by atoms with van der Waals surface area (Å²) in [5.41, 5.74) is 0. The first-order chi connectivity index (χ1) is 9.56. The van der Waals surface area contributed by atoms with Crippen LogP contribution in [-0.4, -0.2) is 36.5 Å². The molecule has 5 heteroatoms. The first-order valence-electron chi connectivity index (χ1n) is 7.89. The Labute approximate surface area is 121 Å². The minimum absolute atomic E-state index is 0.00616. The van der Waals surface area contributed by atoms with E-state index >= 15 is 0 Å². The summed E-state index contributed by atoms with van der Waals surface area (Å²) in [6.45, 7) is 4.28. The number of rotatable bonds is 5. The van der Waals surface area contributed by atoms with Crippen LogP contribution in [0.2, 0.25) is 0 Å². The van der Waals surface area contributed by atoms with Crippen molar-refractivity contribution in [1.82, 2.24) is 16.0 Å². The highest BCUT2D eigenvalue weighted by molar-refractivity contribution is 5.83. The van der Waals surface area contributed by atoms with Crippen LogP contribution in [0.15, 0.2) is 0 Å². The lowest BCUT2D eigenvalue weighted by atomic mass is 9.85. The number of carbonyl (C=O) groups excluding carboxylic acids is 2. The van der Waals surface area contributed by atoms with E-state index in [-0.39, 0.29) is 23.9 Å². The van der Waals surface area contributed by atoms with E-state index in [9.17, 15) is 9.59 Å². The van der Waals surface area contributed by atoms with Crippen molar-refractivity contribution in [1.29, 1.82) is 0 Å². The summed E-state index contributed by atoms with van der Waals surface area (Å²) in [5.74, 6) is 0.717. The van der Waals surface area contributed by atoms with Gasteiger partial charge in [-0.2, -0.15) is 0 Å². The molecule has 0 aromatic heterocycles. The third kappa shape index (κ3) is 4.20. The minimum Gasteiger partial charge on any atom is -0.354 e. The number of carbonyl (C=O) groups is 2. The molecule has 3 atom stereocenters. The Bertz CT molecular complexity index is 343. The Hall–Kier alpha value is -1.10. The van der Waals surface area contributed by atoms with Crippen LogP contribution in [0.4, 0.5) is 0 Å². The summed E-state index contributed by atoms with van der Waals surface area (Å²) >= 11 is 0. The number of amides is 2. The third-order valence-corrected chi connectivity index (χ3v) is 4.28. The molecule has 20 heavy (non-hydrogen) atoms. The lowest BCUT2D eigenvalue weighted by molar-refractivity contribution is -0.123. The number of hydrogen-bond donors (Lipinski definition) is 3. The van der Waals surface area contributed by atoms with Crippen LogP contribution in [-0.2, 0) is 9.59 Å². The second kappa shape index (κ2) is 7.07. The number of fused-ring (bicyclic) bond motifs is 1. The first kappa shape index (κ1) is 15.3. The Morgan fingerprint density at radius 3 is 2.70 bits per heavy atom. The largest absolute Gasteiger partial charge is 0.354 e. The lowest BCUT2D eigenvalue weighted by Crippen LogP contribution is -2.44. The molecule has 1 heterocycles. The molecule has 0 radical (unpaired) electrons. The molecule has 3 unspecified atom stereocenters. The van der Waals surface area contributed by atoms with E-state index in [1.54, 1.807) is 0 Å². The second-order valence-corrected chi connectivity index (χ2v) is 6.37. The van der Waals surface area contributed by atoms with Gasteiger partial charge in [0.05, 0.1) is 6.04 Å². The summed E-state index contributed by atoms with van der Waals surface area (Å²) in [7, 11) is 0. The van der Waals surface area contributed by atoms with Gasteiger partial charge in [0.25, 0.3) is 0 Å². The van der Waals surface area contributed by atoms with Crippen LogP contribution >= 0.6 is 0 Å². The van der Waals surface area contributed by atoms with Gasteiger partial charge in [0, 0.05) is 25.0 Å². The van der Waals surface area contributed by atoms with Crippen molar-refractivity contribution in [2.24, 2.45) is 5.92 Å². The van der Waals surface area contributed by atoms with Crippen molar-refractivity contribution >= 4 is 11.8 Å². The summed E-state index contributed by atoms with van der Waals surface area (Å²) in [6, 6.07) is 0.623. The summed E-state index contributed by atoms with van der Waals surface area (Å²) < 4.78 is 0. The smallest absolute Gasteiger partial charge is 0.237 e. The van der Waals surface area contributed by atoms with Crippen molar-refractivity contribution in [3.63, 3.8) is 0 Å². The number of hydrogen-bond acceptors (Lipinski definition) is 3. The van der Waals surface area contributed by atoms with Crippen LogP contribution in [0.5, 0.6) is 0 Å². The SMILES string of the molecule is CC(C)NC(=O)CCNC(=O)C1CC2CCCCC2N1. The normalized spacial score (nSPS) is 29.1. The van der Waals surface area contributed by atoms with E-state index in [0.717, 1.165) is 6.42 Å². The molecule has 2 amide bonds. The monoisotopic (exact) mass is 281 g/mol. The highest BCUT2D eigenvalue weighted by Gasteiger charge is 2.37. The minimum atomic E-state index is -0.0590. The molecule has 1 aliphatic heterocycles. The van der Waals surface area contributed by atoms with Gasteiger partial charge in [-0.1, -0.05) is 12.8 Å². The van der Waals surface area contributed by atoms with Crippen molar-refractivity contribution in [3.8, 4) is 0 Å². The highest BCUT2D eigenvalue weighted by atomic mass is 16.2. The first-order valence-corrected chi connectivity index (χ1v) is 7.89. The third-order valence-electron chi connectivity index (χ3n) is 4.28. The topological polar surface area (TPSA) is 70.2 Å². The van der Waals surface area contributed by atoms with E-state index in [1.807, 2.05) is 13.8 Å². The molecule has 3 N–H and O–H groups in total. The molecule has 0 aromatic rings. The fourth-order valence-electron chi connectivity index (χ4n) is 3.34. The standard InChI is InChI=1S/C15H27N3O2/c1-10(2)17-14(19)7-8-16-15(20)13-9-11-5-3-4-6-12(11)18-13/h10-13,18H,3-9H2,1-2H3,(H,16,20)(H,17,19). The fourth-order valence-corrected chi connectivity index (χ4v) is 3.34. The highest BCUT2D eigenvalue weighted by Crippen LogP contribution is 2.33. The van der Waals surface area contributed by atoms with Crippen LogP contribution < -0.4 is 16.0 Å². The van der Waals surface area contributed by atoms with Gasteiger partial charge in [0.1, 0.15) is 0 Å². The molecule has 114 valence electrons. The van der Waals surface area contributed by atoms with Crippen LogP contribution in [0.3, 0.4) is 0 Å². The van der Waals surface area contributed by atoms with E-state index in [4.69, 9.17) is 0 Å². The Morgan fingerprint density at radius 2 is 2.00 bits per heavy atom. The van der Waals surface area contributed by atoms with E-state index < -0.39 is 0 Å². The molecule has 1 aliphatic carbocycles. The van der Waals surface area contributed by atoms with Gasteiger partial charge in [0.2, 0.25) is 11.8 Å². The van der Waals surface area contributed by atoms with Gasteiger partial charge in [-0.05, 0) is 39.0 Å². The predicted octanol–water partition coefficient (Wildman–Crippen LogP) is 0.938.